The average Bonchev–Trinajstić information content (AvgIpc) is 2.79. The minimum Gasteiger partial charge on any atom is -0.256 e. The molecule has 1 heterocycles. The molecule has 1 aromatic carbocycles. The molecule has 0 saturated heterocycles. The molecule has 0 N–H and O–H groups in total. The molecule has 1 aliphatic rings. The van der Waals surface area contributed by atoms with E-state index in [-0.39, 0.29) is 0 Å². The van der Waals surface area contributed by atoms with Crippen LogP contribution in [0.2, 0.25) is 18.6 Å². The Kier molecular flexibility index (Phi) is 3.89. The Hall–Kier alpha value is -1.93. The number of nitrogens with zero attached hydrogens (tertiary/aromatic N) is 1. The van der Waals surface area contributed by atoms with Crippen molar-refractivity contribution in [2.24, 2.45) is 0 Å². The topological polar surface area (TPSA) is 12.9 Å². The molecule has 0 bridgehead atoms. The van der Waals surface area contributed by atoms with Crippen molar-refractivity contribution in [1.82, 2.24) is 4.98 Å². The summed E-state index contributed by atoms with van der Waals surface area (Å²) in [7, 11) is -1.60. The Labute approximate surface area is 140 Å². The van der Waals surface area contributed by atoms with E-state index in [4.69, 9.17) is 0 Å². The lowest BCUT2D eigenvalue weighted by atomic mass is 9.97. The van der Waals surface area contributed by atoms with Gasteiger partial charge in [-0.25, -0.2) is 0 Å². The van der Waals surface area contributed by atoms with Gasteiger partial charge in [0.05, 0.1) is 13.6 Å². The quantitative estimate of drug-likeness (QED) is 0.617. The number of hydrogen-bond donors (Lipinski definition) is 0. The van der Waals surface area contributed by atoms with Crippen molar-refractivity contribution in [2.75, 3.05) is 0 Å². The van der Waals surface area contributed by atoms with Crippen molar-refractivity contribution < 1.29 is 0 Å². The number of benzene rings is 1. The second-order valence-electron chi connectivity index (χ2n) is 7.19. The van der Waals surface area contributed by atoms with Crippen LogP contribution in [-0.2, 0) is 0 Å². The number of rotatable bonds is 3. The van der Waals surface area contributed by atoms with Crippen molar-refractivity contribution in [1.29, 1.82) is 0 Å². The van der Waals surface area contributed by atoms with E-state index in [2.05, 4.69) is 75.4 Å². The molecule has 2 aromatic rings. The summed E-state index contributed by atoms with van der Waals surface area (Å²) in [6.07, 6.45) is 1.90. The van der Waals surface area contributed by atoms with Crippen LogP contribution in [-0.4, -0.2) is 13.1 Å². The van der Waals surface area contributed by atoms with Crippen LogP contribution in [0, 0.1) is 0 Å². The predicted octanol–water partition coefficient (Wildman–Crippen LogP) is 6.16. The van der Waals surface area contributed by atoms with E-state index in [1.807, 2.05) is 12.3 Å². The summed E-state index contributed by atoms with van der Waals surface area (Å²) >= 11 is 0. The highest BCUT2D eigenvalue weighted by Crippen LogP contribution is 2.52. The van der Waals surface area contributed by atoms with E-state index >= 15 is 0 Å². The summed E-state index contributed by atoms with van der Waals surface area (Å²) in [4.78, 5) is 4.69. The van der Waals surface area contributed by atoms with Crippen LogP contribution in [0.3, 0.4) is 0 Å². The van der Waals surface area contributed by atoms with Gasteiger partial charge in [-0.05, 0) is 43.6 Å². The van der Waals surface area contributed by atoms with Gasteiger partial charge in [-0.3, -0.25) is 4.98 Å². The zero-order valence-corrected chi connectivity index (χ0v) is 15.8. The highest BCUT2D eigenvalue weighted by molar-refractivity contribution is 6.85. The minimum absolute atomic E-state index is 0.493. The van der Waals surface area contributed by atoms with Gasteiger partial charge in [-0.2, -0.15) is 0 Å². The van der Waals surface area contributed by atoms with Gasteiger partial charge in [0, 0.05) is 22.7 Å². The van der Waals surface area contributed by atoms with Crippen LogP contribution >= 0.6 is 0 Å². The maximum Gasteiger partial charge on any atom is 0.0828 e. The van der Waals surface area contributed by atoms with Crippen LogP contribution in [0.5, 0.6) is 0 Å². The number of para-hydroxylation sites is 1. The second kappa shape index (κ2) is 5.61. The Morgan fingerprint density at radius 1 is 1.04 bits per heavy atom. The second-order valence-corrected chi connectivity index (χ2v) is 11.8. The van der Waals surface area contributed by atoms with Crippen LogP contribution in [0.15, 0.2) is 65.5 Å². The Morgan fingerprint density at radius 2 is 1.74 bits per heavy atom. The maximum absolute atomic E-state index is 4.69. The van der Waals surface area contributed by atoms with Gasteiger partial charge in [-0.15, -0.1) is 12.3 Å². The lowest BCUT2D eigenvalue weighted by Gasteiger charge is -2.31. The molecule has 3 rings (SSSR count). The number of aromatic nitrogens is 1. The van der Waals surface area contributed by atoms with Crippen LogP contribution < -0.4 is 0 Å². The molecule has 1 unspecified atom stereocenters. The fourth-order valence-corrected chi connectivity index (χ4v) is 6.56. The first-order valence-electron chi connectivity index (χ1n) is 8.24. The van der Waals surface area contributed by atoms with Gasteiger partial charge in [0.1, 0.15) is 0 Å². The van der Waals surface area contributed by atoms with Crippen molar-refractivity contribution >= 4 is 24.5 Å². The molecule has 1 aromatic heterocycles. The first kappa shape index (κ1) is 15.9. The smallest absolute Gasteiger partial charge is 0.0828 e. The summed E-state index contributed by atoms with van der Waals surface area (Å²) in [6, 6.07) is 10.7. The van der Waals surface area contributed by atoms with Gasteiger partial charge < -0.3 is 0 Å². The Morgan fingerprint density at radius 3 is 2.43 bits per heavy atom. The van der Waals surface area contributed by atoms with E-state index < -0.39 is 8.07 Å². The molecule has 2 heteroatoms. The Bertz CT molecular complexity index is 850. The molecule has 118 valence electrons. The van der Waals surface area contributed by atoms with Crippen LogP contribution in [0.4, 0.5) is 0 Å². The van der Waals surface area contributed by atoms with E-state index in [1.165, 1.54) is 33.2 Å². The lowest BCUT2D eigenvalue weighted by Crippen LogP contribution is -2.31. The average molecular weight is 320 g/mol. The van der Waals surface area contributed by atoms with Gasteiger partial charge in [0.25, 0.3) is 0 Å². The van der Waals surface area contributed by atoms with Crippen LogP contribution in [0.25, 0.3) is 16.5 Å². The first-order chi connectivity index (χ1) is 10.9. The van der Waals surface area contributed by atoms with Gasteiger partial charge >= 0.3 is 0 Å². The summed E-state index contributed by atoms with van der Waals surface area (Å²) < 4.78 is 0. The maximum atomic E-state index is 4.69. The minimum atomic E-state index is -1.60. The van der Waals surface area contributed by atoms with Crippen molar-refractivity contribution in [3.8, 4) is 0 Å². The number of pyridine rings is 1. The fraction of sp³-hybridized carbons (Fsp3) is 0.286. The third-order valence-electron chi connectivity index (χ3n) is 5.47. The molecule has 23 heavy (non-hydrogen) atoms. The van der Waals surface area contributed by atoms with Crippen molar-refractivity contribution in [2.45, 2.75) is 39.4 Å². The van der Waals surface area contributed by atoms with E-state index in [0.29, 0.717) is 5.54 Å². The van der Waals surface area contributed by atoms with Gasteiger partial charge in [0.15, 0.2) is 0 Å². The molecule has 0 saturated carbocycles. The largest absolute Gasteiger partial charge is 0.256 e. The highest BCUT2D eigenvalue weighted by Gasteiger charge is 2.39. The third kappa shape index (κ3) is 2.42. The Balaban J connectivity index is 2.30. The third-order valence-corrected chi connectivity index (χ3v) is 8.73. The summed E-state index contributed by atoms with van der Waals surface area (Å²) in [5.74, 6) is 0. The molecule has 0 fully saturated rings. The number of fused-ring (bicyclic) bond motifs is 1. The molecule has 1 atom stereocenters. The molecule has 1 nitrogen and oxygen atoms in total. The fourth-order valence-electron chi connectivity index (χ4n) is 3.87. The lowest BCUT2D eigenvalue weighted by molar-refractivity contribution is 1.16. The molecule has 1 aliphatic carbocycles. The van der Waals surface area contributed by atoms with E-state index in [0.717, 1.165) is 5.52 Å². The summed E-state index contributed by atoms with van der Waals surface area (Å²) in [5, 5.41) is 1.21. The highest BCUT2D eigenvalue weighted by atomic mass is 28.3. The van der Waals surface area contributed by atoms with Gasteiger partial charge in [0.2, 0.25) is 0 Å². The SMILES string of the molecule is C=C[Si](C)(C)C1C(C)=C(C)C(C)=C1c1cccc2cccnc12. The van der Waals surface area contributed by atoms with Crippen LogP contribution in [0.1, 0.15) is 26.3 Å². The van der Waals surface area contributed by atoms with E-state index in [9.17, 15) is 0 Å². The molecule has 0 radical (unpaired) electrons. The zero-order valence-electron chi connectivity index (χ0n) is 14.8. The molecule has 0 spiro atoms. The monoisotopic (exact) mass is 319 g/mol. The summed E-state index contributed by atoms with van der Waals surface area (Å²) in [5.41, 5.74) is 11.0. The van der Waals surface area contributed by atoms with Crippen molar-refractivity contribution in [3.05, 3.63) is 71.1 Å². The summed E-state index contributed by atoms with van der Waals surface area (Å²) in [6.45, 7) is 15.8. The van der Waals surface area contributed by atoms with Crippen molar-refractivity contribution in [3.63, 3.8) is 0 Å². The van der Waals surface area contributed by atoms with Gasteiger partial charge in [-0.1, -0.05) is 42.9 Å². The van der Waals surface area contributed by atoms with E-state index in [1.54, 1.807) is 0 Å². The first-order valence-corrected chi connectivity index (χ1v) is 11.4. The number of allylic oxidation sites excluding steroid dienone is 4. The molecule has 0 aliphatic heterocycles. The number of hydrogen-bond acceptors (Lipinski definition) is 1. The molecular formula is C21H25NSi. The normalized spacial score (nSPS) is 18.9. The molecular weight excluding hydrogens is 294 g/mol. The molecule has 0 amide bonds. The predicted molar refractivity (Wildman–Crippen MR) is 104 cm³/mol. The standard InChI is InChI=1S/C21H25NSi/c1-7-23(5,6)21-16(4)14(2)15(3)19(21)18-12-8-10-17-11-9-13-22-20(17)18/h7-13,21H,1H2,2-6H3. The zero-order chi connectivity index (χ0) is 16.8.